The van der Waals surface area contributed by atoms with Gasteiger partial charge in [0.2, 0.25) is 10.0 Å². The van der Waals surface area contributed by atoms with Gasteiger partial charge in [-0.1, -0.05) is 25.7 Å². The van der Waals surface area contributed by atoms with E-state index in [0.29, 0.717) is 19.3 Å². The largest absolute Gasteiger partial charge is 0.444 e. The van der Waals surface area contributed by atoms with E-state index >= 15 is 0 Å². The quantitative estimate of drug-likeness (QED) is 0.786. The summed E-state index contributed by atoms with van der Waals surface area (Å²) in [5.74, 6) is 0. The molecule has 1 saturated carbocycles. The second-order valence-corrected chi connectivity index (χ2v) is 10.1. The first-order valence-electron chi connectivity index (χ1n) is 8.94. The van der Waals surface area contributed by atoms with Gasteiger partial charge in [-0.3, -0.25) is 0 Å². The molecule has 1 aliphatic carbocycles. The number of rotatable bonds is 2. The number of nitrogens with two attached hydrogens (primary N) is 1. The summed E-state index contributed by atoms with van der Waals surface area (Å²) >= 11 is 0. The van der Waals surface area contributed by atoms with Gasteiger partial charge in [0.15, 0.2) is 0 Å². The fraction of sp³-hybridized carbons (Fsp3) is 0.941. The molecule has 0 saturated heterocycles. The molecule has 1 fully saturated rings. The molecule has 6 nitrogen and oxygen atoms in total. The van der Waals surface area contributed by atoms with Gasteiger partial charge in [0.25, 0.3) is 0 Å². The van der Waals surface area contributed by atoms with Crippen molar-refractivity contribution in [2.75, 3.05) is 0 Å². The van der Waals surface area contributed by atoms with Gasteiger partial charge < -0.3 is 10.1 Å². The molecule has 2 atom stereocenters. The molecule has 0 aliphatic heterocycles. The van der Waals surface area contributed by atoms with Crippen LogP contribution in [0.2, 0.25) is 0 Å². The van der Waals surface area contributed by atoms with E-state index in [9.17, 15) is 13.2 Å². The minimum absolute atomic E-state index is 0.379. The van der Waals surface area contributed by atoms with E-state index in [1.54, 1.807) is 0 Å². The summed E-state index contributed by atoms with van der Waals surface area (Å²) in [5.41, 5.74) is -0.914. The Kier molecular flexibility index (Phi) is 7.53. The maximum absolute atomic E-state index is 12.1. The number of carbonyl (C=O) groups excluding carboxylic acids is 1. The highest BCUT2D eigenvalue weighted by Gasteiger charge is 2.30. The van der Waals surface area contributed by atoms with Crippen LogP contribution in [0.4, 0.5) is 4.79 Å². The maximum atomic E-state index is 12.1. The predicted octanol–water partition coefficient (Wildman–Crippen LogP) is 3.45. The highest BCUT2D eigenvalue weighted by atomic mass is 32.2. The van der Waals surface area contributed by atoms with E-state index in [-0.39, 0.29) is 5.54 Å². The van der Waals surface area contributed by atoms with Crippen molar-refractivity contribution >= 4 is 16.1 Å². The first-order chi connectivity index (χ1) is 10.9. The first kappa shape index (κ1) is 21.2. The molecule has 0 aromatic rings. The number of carbonyl (C=O) groups is 1. The van der Waals surface area contributed by atoms with Gasteiger partial charge >= 0.3 is 6.09 Å². The molecule has 0 heterocycles. The summed E-state index contributed by atoms with van der Waals surface area (Å²) in [5, 5.41) is 7.89. The summed E-state index contributed by atoms with van der Waals surface area (Å²) in [4.78, 5) is 12.1. The van der Waals surface area contributed by atoms with Crippen molar-refractivity contribution in [2.45, 2.75) is 102 Å². The third-order valence-electron chi connectivity index (χ3n) is 4.53. The number of primary sulfonamides is 1. The Labute approximate surface area is 146 Å². The lowest BCUT2D eigenvalue weighted by Crippen LogP contribution is -2.48. The number of sulfonamides is 1. The second-order valence-electron chi connectivity index (χ2n) is 8.24. The summed E-state index contributed by atoms with van der Waals surface area (Å²) in [7, 11) is -3.50. The Bertz CT molecular complexity index is 513. The van der Waals surface area contributed by atoms with E-state index in [0.717, 1.165) is 38.5 Å². The highest BCUT2D eigenvalue weighted by Crippen LogP contribution is 2.27. The second kappa shape index (κ2) is 8.52. The molecule has 2 unspecified atom stereocenters. The zero-order valence-electron chi connectivity index (χ0n) is 15.6. The number of nitrogens with one attached hydrogen (secondary N) is 1. The molecule has 0 aromatic carbocycles. The van der Waals surface area contributed by atoms with Crippen molar-refractivity contribution in [3.05, 3.63) is 0 Å². The molecule has 1 rings (SSSR count). The average molecular weight is 363 g/mol. The van der Waals surface area contributed by atoms with E-state index in [4.69, 9.17) is 9.88 Å². The molecule has 142 valence electrons. The summed E-state index contributed by atoms with van der Waals surface area (Å²) in [6.45, 7) is 7.52. The summed E-state index contributed by atoms with van der Waals surface area (Å²) in [6, 6.07) is 0. The van der Waals surface area contributed by atoms with Crippen molar-refractivity contribution in [1.29, 1.82) is 0 Å². The predicted molar refractivity (Wildman–Crippen MR) is 96.2 cm³/mol. The molecule has 0 aromatic heterocycles. The van der Waals surface area contributed by atoms with Crippen molar-refractivity contribution < 1.29 is 17.9 Å². The van der Waals surface area contributed by atoms with E-state index in [1.807, 2.05) is 27.7 Å². The Morgan fingerprint density at radius 3 is 2.21 bits per heavy atom. The van der Waals surface area contributed by atoms with Crippen LogP contribution in [0.15, 0.2) is 0 Å². The zero-order valence-corrected chi connectivity index (χ0v) is 16.4. The molecule has 1 amide bonds. The standard InChI is InChI=1S/C17H34N2O4S/c1-16(2,3)23-15(20)19-17(4)12-8-6-5-7-10-14(11-9-13-17)24(18,21)22/h14H,5-13H2,1-4H3,(H,19,20)(H2,18,21,22). The molecule has 7 heteroatoms. The minimum atomic E-state index is -3.50. The molecular weight excluding hydrogens is 328 g/mol. The highest BCUT2D eigenvalue weighted by molar-refractivity contribution is 7.89. The maximum Gasteiger partial charge on any atom is 0.408 e. The van der Waals surface area contributed by atoms with Crippen LogP contribution < -0.4 is 10.5 Å². The van der Waals surface area contributed by atoms with E-state index < -0.39 is 27.0 Å². The van der Waals surface area contributed by atoms with Gasteiger partial charge in [0, 0.05) is 5.54 Å². The summed E-state index contributed by atoms with van der Waals surface area (Å²) < 4.78 is 28.8. The fourth-order valence-electron chi connectivity index (χ4n) is 3.23. The van der Waals surface area contributed by atoms with E-state index in [1.165, 1.54) is 0 Å². The molecular formula is C17H34N2O4S. The average Bonchev–Trinajstić information content (AvgIpc) is 2.40. The molecule has 24 heavy (non-hydrogen) atoms. The Morgan fingerprint density at radius 1 is 1.08 bits per heavy atom. The minimum Gasteiger partial charge on any atom is -0.444 e. The number of alkyl carbamates (subject to hydrolysis) is 1. The van der Waals surface area contributed by atoms with Crippen LogP contribution in [0.1, 0.15) is 85.5 Å². The molecule has 0 spiro atoms. The van der Waals surface area contributed by atoms with Crippen LogP contribution in [0.25, 0.3) is 0 Å². The van der Waals surface area contributed by atoms with Crippen LogP contribution >= 0.6 is 0 Å². The number of amides is 1. The molecule has 0 bridgehead atoms. The van der Waals surface area contributed by atoms with Gasteiger partial charge in [-0.2, -0.15) is 0 Å². The molecule has 1 aliphatic rings. The van der Waals surface area contributed by atoms with Crippen LogP contribution in [0.3, 0.4) is 0 Å². The third-order valence-corrected chi connectivity index (χ3v) is 5.93. The Balaban J connectivity index is 2.73. The number of hydrogen-bond donors (Lipinski definition) is 2. The Hall–Kier alpha value is -0.820. The lowest BCUT2D eigenvalue weighted by Gasteiger charge is -2.32. The first-order valence-corrected chi connectivity index (χ1v) is 10.6. The van der Waals surface area contributed by atoms with Crippen molar-refractivity contribution in [2.24, 2.45) is 5.14 Å². The van der Waals surface area contributed by atoms with Gasteiger partial charge in [-0.15, -0.1) is 0 Å². The van der Waals surface area contributed by atoms with Crippen molar-refractivity contribution in [3.8, 4) is 0 Å². The van der Waals surface area contributed by atoms with Crippen LogP contribution in [0.5, 0.6) is 0 Å². The summed E-state index contributed by atoms with van der Waals surface area (Å²) in [6.07, 6.45) is 6.99. The molecule has 3 N–H and O–H groups in total. The van der Waals surface area contributed by atoms with Gasteiger partial charge in [-0.05, 0) is 59.8 Å². The lowest BCUT2D eigenvalue weighted by atomic mass is 9.89. The third kappa shape index (κ3) is 8.33. The van der Waals surface area contributed by atoms with Gasteiger partial charge in [-0.25, -0.2) is 18.4 Å². The SMILES string of the molecule is CC1(NC(=O)OC(C)(C)C)CCCCCCC(S(N)(=O)=O)CCC1. The van der Waals surface area contributed by atoms with E-state index in [2.05, 4.69) is 5.32 Å². The normalized spacial score (nSPS) is 27.8. The monoisotopic (exact) mass is 362 g/mol. The van der Waals surface area contributed by atoms with Gasteiger partial charge in [0.1, 0.15) is 5.60 Å². The van der Waals surface area contributed by atoms with Crippen molar-refractivity contribution in [1.82, 2.24) is 5.32 Å². The number of ether oxygens (including phenoxy) is 1. The van der Waals surface area contributed by atoms with Crippen LogP contribution in [-0.2, 0) is 14.8 Å². The molecule has 0 radical (unpaired) electrons. The lowest BCUT2D eigenvalue weighted by molar-refractivity contribution is 0.0449. The fourth-order valence-corrected chi connectivity index (χ4v) is 4.22. The Morgan fingerprint density at radius 2 is 1.62 bits per heavy atom. The number of hydrogen-bond acceptors (Lipinski definition) is 4. The van der Waals surface area contributed by atoms with Crippen LogP contribution in [0, 0.1) is 0 Å². The van der Waals surface area contributed by atoms with Crippen LogP contribution in [-0.4, -0.2) is 30.9 Å². The zero-order chi connectivity index (χ0) is 18.4. The smallest absolute Gasteiger partial charge is 0.408 e. The van der Waals surface area contributed by atoms with Crippen molar-refractivity contribution in [3.63, 3.8) is 0 Å². The van der Waals surface area contributed by atoms with Gasteiger partial charge in [0.05, 0.1) is 5.25 Å². The topological polar surface area (TPSA) is 98.5 Å².